The van der Waals surface area contributed by atoms with Crippen LogP contribution in [0.1, 0.15) is 16.0 Å². The standard InChI is InChI=1S/C14H8BrCl2F3/c15-9(4-8-10(16)2-1-3-12(8)18)7-5-13(19)14(20)6-11(7)17/h1-3,5-6,9H,4H2. The summed E-state index contributed by atoms with van der Waals surface area (Å²) in [7, 11) is 0. The van der Waals surface area contributed by atoms with Crippen LogP contribution >= 0.6 is 39.1 Å². The van der Waals surface area contributed by atoms with Crippen molar-refractivity contribution < 1.29 is 13.2 Å². The molecule has 0 fully saturated rings. The molecule has 6 heteroatoms. The lowest BCUT2D eigenvalue weighted by molar-refractivity contribution is 0.507. The van der Waals surface area contributed by atoms with E-state index in [0.29, 0.717) is 5.56 Å². The summed E-state index contributed by atoms with van der Waals surface area (Å²) < 4.78 is 40.0. The molecule has 2 aromatic carbocycles. The monoisotopic (exact) mass is 382 g/mol. The van der Waals surface area contributed by atoms with Gasteiger partial charge in [0.1, 0.15) is 5.82 Å². The van der Waals surface area contributed by atoms with Crippen LogP contribution in [0.25, 0.3) is 0 Å². The highest BCUT2D eigenvalue weighted by atomic mass is 79.9. The predicted molar refractivity (Wildman–Crippen MR) is 78.2 cm³/mol. The van der Waals surface area contributed by atoms with E-state index in [2.05, 4.69) is 15.9 Å². The smallest absolute Gasteiger partial charge is 0.160 e. The lowest BCUT2D eigenvalue weighted by Gasteiger charge is -2.14. The van der Waals surface area contributed by atoms with E-state index >= 15 is 0 Å². The summed E-state index contributed by atoms with van der Waals surface area (Å²) in [6.07, 6.45) is 0.163. The molecule has 0 aliphatic carbocycles. The summed E-state index contributed by atoms with van der Waals surface area (Å²) >= 11 is 15.1. The highest BCUT2D eigenvalue weighted by Crippen LogP contribution is 2.35. The van der Waals surface area contributed by atoms with Crippen LogP contribution in [0.4, 0.5) is 13.2 Å². The van der Waals surface area contributed by atoms with Gasteiger partial charge >= 0.3 is 0 Å². The molecule has 0 radical (unpaired) electrons. The molecule has 0 aliphatic rings. The third-order valence-electron chi connectivity index (χ3n) is 2.82. The van der Waals surface area contributed by atoms with Crippen LogP contribution in [0.15, 0.2) is 30.3 Å². The molecular formula is C14H8BrCl2F3. The zero-order valence-electron chi connectivity index (χ0n) is 9.94. The van der Waals surface area contributed by atoms with Crippen molar-refractivity contribution in [3.05, 3.63) is 69.0 Å². The number of benzene rings is 2. The molecule has 2 aromatic rings. The summed E-state index contributed by atoms with van der Waals surface area (Å²) in [5, 5.41) is 0.339. The molecule has 0 saturated carbocycles. The fraction of sp³-hybridized carbons (Fsp3) is 0.143. The average Bonchev–Trinajstić information content (AvgIpc) is 2.38. The topological polar surface area (TPSA) is 0 Å². The minimum atomic E-state index is -1.03. The van der Waals surface area contributed by atoms with Crippen LogP contribution < -0.4 is 0 Å². The Bertz CT molecular complexity index is 626. The van der Waals surface area contributed by atoms with Crippen LogP contribution in [-0.4, -0.2) is 0 Å². The van der Waals surface area contributed by atoms with Gasteiger partial charge in [-0.25, -0.2) is 13.2 Å². The third-order valence-corrected chi connectivity index (χ3v) is 4.32. The Morgan fingerprint density at radius 1 is 0.950 bits per heavy atom. The van der Waals surface area contributed by atoms with E-state index in [9.17, 15) is 13.2 Å². The molecule has 0 saturated heterocycles. The third kappa shape index (κ3) is 3.30. The average molecular weight is 384 g/mol. The summed E-state index contributed by atoms with van der Waals surface area (Å²) in [5.74, 6) is -2.49. The Hall–Kier alpha value is -0.710. The first-order valence-electron chi connectivity index (χ1n) is 5.61. The van der Waals surface area contributed by atoms with Crippen LogP contribution in [0, 0.1) is 17.5 Å². The van der Waals surface area contributed by atoms with Crippen molar-refractivity contribution in [2.24, 2.45) is 0 Å². The first-order valence-corrected chi connectivity index (χ1v) is 7.28. The molecule has 0 nitrogen and oxygen atoms in total. The first kappa shape index (κ1) is 15.7. The van der Waals surface area contributed by atoms with Gasteiger partial charge < -0.3 is 0 Å². The molecular weight excluding hydrogens is 376 g/mol. The van der Waals surface area contributed by atoms with Gasteiger partial charge in [0.05, 0.1) is 0 Å². The molecule has 1 unspecified atom stereocenters. The molecule has 0 bridgehead atoms. The fourth-order valence-corrected chi connectivity index (χ4v) is 3.15. The van der Waals surface area contributed by atoms with Gasteiger partial charge in [0, 0.05) is 20.4 Å². The lowest BCUT2D eigenvalue weighted by Crippen LogP contribution is -2.01. The molecule has 0 spiro atoms. The van der Waals surface area contributed by atoms with Crippen molar-refractivity contribution in [3.63, 3.8) is 0 Å². The van der Waals surface area contributed by atoms with Crippen molar-refractivity contribution in [2.45, 2.75) is 11.2 Å². The van der Waals surface area contributed by atoms with Gasteiger partial charge in [-0.3, -0.25) is 0 Å². The van der Waals surface area contributed by atoms with E-state index < -0.39 is 22.3 Å². The molecule has 2 rings (SSSR count). The van der Waals surface area contributed by atoms with Gasteiger partial charge in [-0.1, -0.05) is 45.2 Å². The number of alkyl halides is 1. The summed E-state index contributed by atoms with van der Waals surface area (Å²) in [5.41, 5.74) is 0.627. The Labute approximate surface area is 132 Å². The van der Waals surface area contributed by atoms with Gasteiger partial charge in [-0.2, -0.15) is 0 Å². The second-order valence-electron chi connectivity index (χ2n) is 4.16. The van der Waals surface area contributed by atoms with Crippen LogP contribution in [-0.2, 0) is 6.42 Å². The minimum absolute atomic E-state index is 0.0678. The number of rotatable bonds is 3. The summed E-state index contributed by atoms with van der Waals surface area (Å²) in [4.78, 5) is -0.487. The van der Waals surface area contributed by atoms with Crippen LogP contribution in [0.2, 0.25) is 10.0 Å². The van der Waals surface area contributed by atoms with Crippen LogP contribution in [0.5, 0.6) is 0 Å². The van der Waals surface area contributed by atoms with E-state index in [1.165, 1.54) is 12.1 Å². The minimum Gasteiger partial charge on any atom is -0.207 e. The second-order valence-corrected chi connectivity index (χ2v) is 6.08. The van der Waals surface area contributed by atoms with Crippen molar-refractivity contribution in [1.29, 1.82) is 0 Å². The van der Waals surface area contributed by atoms with Gasteiger partial charge in [0.2, 0.25) is 0 Å². The molecule has 0 heterocycles. The maximum Gasteiger partial charge on any atom is 0.160 e. The quantitative estimate of drug-likeness (QED) is 0.444. The Morgan fingerprint density at radius 3 is 2.25 bits per heavy atom. The van der Waals surface area contributed by atoms with Gasteiger partial charge in [0.25, 0.3) is 0 Å². The normalized spacial score (nSPS) is 12.5. The van der Waals surface area contributed by atoms with Crippen molar-refractivity contribution >= 4 is 39.1 Å². The Balaban J connectivity index is 2.33. The molecule has 0 N–H and O–H groups in total. The highest BCUT2D eigenvalue weighted by Gasteiger charge is 2.18. The lowest BCUT2D eigenvalue weighted by atomic mass is 10.0. The molecule has 0 aromatic heterocycles. The van der Waals surface area contributed by atoms with Gasteiger partial charge in [-0.15, -0.1) is 0 Å². The van der Waals surface area contributed by atoms with E-state index in [0.717, 1.165) is 12.1 Å². The maximum atomic E-state index is 13.7. The van der Waals surface area contributed by atoms with E-state index in [-0.39, 0.29) is 22.0 Å². The summed E-state index contributed by atoms with van der Waals surface area (Å²) in [6.45, 7) is 0. The number of halogens is 6. The largest absolute Gasteiger partial charge is 0.207 e. The molecule has 20 heavy (non-hydrogen) atoms. The van der Waals surface area contributed by atoms with Crippen molar-refractivity contribution in [2.75, 3.05) is 0 Å². The zero-order valence-corrected chi connectivity index (χ0v) is 13.0. The molecule has 0 aliphatic heterocycles. The second kappa shape index (κ2) is 6.37. The Morgan fingerprint density at radius 2 is 1.60 bits per heavy atom. The number of hydrogen-bond donors (Lipinski definition) is 0. The van der Waals surface area contributed by atoms with E-state index in [4.69, 9.17) is 23.2 Å². The van der Waals surface area contributed by atoms with Crippen molar-refractivity contribution in [3.8, 4) is 0 Å². The van der Waals surface area contributed by atoms with E-state index in [1.54, 1.807) is 6.07 Å². The van der Waals surface area contributed by atoms with Gasteiger partial charge in [-0.05, 0) is 36.2 Å². The first-order chi connectivity index (χ1) is 9.40. The Kier molecular flexibility index (Phi) is 4.99. The van der Waals surface area contributed by atoms with Crippen molar-refractivity contribution in [1.82, 2.24) is 0 Å². The predicted octanol–water partition coefficient (Wildman–Crippen LogP) is 6.09. The zero-order chi connectivity index (χ0) is 14.9. The molecule has 0 amide bonds. The molecule has 1 atom stereocenters. The molecule has 106 valence electrons. The summed E-state index contributed by atoms with van der Waals surface area (Å²) in [6, 6.07) is 6.23. The fourth-order valence-electron chi connectivity index (χ4n) is 1.79. The van der Waals surface area contributed by atoms with Gasteiger partial charge in [0.15, 0.2) is 11.6 Å². The van der Waals surface area contributed by atoms with E-state index in [1.807, 2.05) is 0 Å². The number of hydrogen-bond acceptors (Lipinski definition) is 0. The van der Waals surface area contributed by atoms with Crippen LogP contribution in [0.3, 0.4) is 0 Å². The maximum absolute atomic E-state index is 13.7. The highest BCUT2D eigenvalue weighted by molar-refractivity contribution is 9.09. The SMILES string of the molecule is Fc1cc(Cl)c(C(Br)Cc2c(F)cccc2Cl)cc1F.